The van der Waals surface area contributed by atoms with E-state index in [1.165, 1.54) is 18.3 Å². The SMILES string of the molecule is O=C(O)c1ccc2nc(Cc3ccc(-c4cncc(OCc5ccc(Cl)c6ccoc56)n4)cc3F)n(C[C@@H]3CCO3)c2c1. The van der Waals surface area contributed by atoms with Crippen molar-refractivity contribution in [3.63, 3.8) is 0 Å². The number of hydrogen-bond donors (Lipinski definition) is 1. The van der Waals surface area contributed by atoms with E-state index in [4.69, 9.17) is 30.5 Å². The van der Waals surface area contributed by atoms with Gasteiger partial charge in [0.1, 0.15) is 23.8 Å². The van der Waals surface area contributed by atoms with E-state index in [-0.39, 0.29) is 30.6 Å². The van der Waals surface area contributed by atoms with Gasteiger partial charge in [-0.15, -0.1) is 0 Å². The van der Waals surface area contributed by atoms with Crippen molar-refractivity contribution in [3.05, 3.63) is 107 Å². The van der Waals surface area contributed by atoms with Crippen LogP contribution in [0.25, 0.3) is 33.3 Å². The molecule has 1 saturated heterocycles. The van der Waals surface area contributed by atoms with E-state index in [1.54, 1.807) is 48.9 Å². The number of aromatic carboxylic acids is 1. The van der Waals surface area contributed by atoms with Crippen molar-refractivity contribution in [1.82, 2.24) is 19.5 Å². The molecule has 0 aliphatic carbocycles. The molecule has 0 saturated carbocycles. The molecule has 216 valence electrons. The molecule has 9 nitrogen and oxygen atoms in total. The fourth-order valence-corrected chi connectivity index (χ4v) is 5.42. The normalized spacial score (nSPS) is 14.7. The van der Waals surface area contributed by atoms with E-state index in [9.17, 15) is 9.90 Å². The van der Waals surface area contributed by atoms with Crippen LogP contribution >= 0.6 is 11.6 Å². The molecule has 1 aliphatic rings. The molecule has 6 aromatic rings. The molecule has 0 amide bonds. The minimum atomic E-state index is -1.02. The first kappa shape index (κ1) is 27.1. The molecule has 1 N–H and O–H groups in total. The summed E-state index contributed by atoms with van der Waals surface area (Å²) in [6.45, 7) is 1.39. The van der Waals surface area contributed by atoms with Crippen LogP contribution in [0.4, 0.5) is 4.39 Å². The van der Waals surface area contributed by atoms with E-state index < -0.39 is 11.8 Å². The first-order valence-electron chi connectivity index (χ1n) is 13.7. The summed E-state index contributed by atoms with van der Waals surface area (Å²) in [6, 6.07) is 15.1. The average molecular weight is 599 g/mol. The van der Waals surface area contributed by atoms with Gasteiger partial charge in [0.05, 0.1) is 58.6 Å². The molecular formula is C32H24ClFN4O5. The number of imidazole rings is 1. The predicted molar refractivity (Wildman–Crippen MR) is 157 cm³/mol. The highest BCUT2D eigenvalue weighted by Crippen LogP contribution is 2.29. The second kappa shape index (κ2) is 11.1. The number of halogens is 2. The molecule has 1 fully saturated rings. The van der Waals surface area contributed by atoms with Gasteiger partial charge < -0.3 is 23.6 Å². The molecular weight excluding hydrogens is 575 g/mol. The van der Waals surface area contributed by atoms with E-state index in [0.29, 0.717) is 57.4 Å². The van der Waals surface area contributed by atoms with E-state index in [1.807, 2.05) is 10.6 Å². The molecule has 11 heteroatoms. The van der Waals surface area contributed by atoms with Crippen molar-refractivity contribution >= 4 is 39.6 Å². The highest BCUT2D eigenvalue weighted by Gasteiger charge is 2.23. The lowest BCUT2D eigenvalue weighted by molar-refractivity contribution is -0.0589. The number of carboxylic acids is 1. The summed E-state index contributed by atoms with van der Waals surface area (Å²) in [5, 5.41) is 10.9. The Labute approximate surface area is 249 Å². The van der Waals surface area contributed by atoms with E-state index in [2.05, 4.69) is 9.97 Å². The lowest BCUT2D eigenvalue weighted by Gasteiger charge is -2.27. The fraction of sp³-hybridized carbons (Fsp3) is 0.188. The number of fused-ring (bicyclic) bond motifs is 2. The molecule has 43 heavy (non-hydrogen) atoms. The van der Waals surface area contributed by atoms with Crippen LogP contribution in [0.2, 0.25) is 5.02 Å². The molecule has 0 spiro atoms. The number of carboxylic acid groups (broad SMARTS) is 1. The standard InChI is InChI=1S/C32H24ClFN4O5/c33-24-5-3-21(31-23(24)8-10-42-31)17-43-30-15-35-14-27(37-30)19-2-1-18(25(34)11-19)13-29-36-26-6-4-20(32(39)40)12-28(26)38(29)16-22-7-9-41-22/h1-6,8,10-12,14-15,22H,7,9,13,16-17H2,(H,39,40)/t22-/m0/s1. The number of benzene rings is 3. The lowest BCUT2D eigenvalue weighted by Crippen LogP contribution is -2.31. The summed E-state index contributed by atoms with van der Waals surface area (Å²) in [4.78, 5) is 25.1. The van der Waals surface area contributed by atoms with Gasteiger partial charge in [-0.05, 0) is 48.4 Å². The number of rotatable bonds is 9. The molecule has 1 aliphatic heterocycles. The van der Waals surface area contributed by atoms with Crippen LogP contribution in [0, 0.1) is 5.82 Å². The van der Waals surface area contributed by atoms with Gasteiger partial charge in [-0.25, -0.2) is 19.2 Å². The Bertz CT molecular complexity index is 2000. The number of furan rings is 1. The maximum Gasteiger partial charge on any atom is 0.335 e. The van der Waals surface area contributed by atoms with Crippen molar-refractivity contribution in [3.8, 4) is 17.1 Å². The lowest BCUT2D eigenvalue weighted by atomic mass is 10.1. The zero-order valence-corrected chi connectivity index (χ0v) is 23.4. The number of ether oxygens (including phenoxy) is 2. The van der Waals surface area contributed by atoms with Gasteiger partial charge in [-0.1, -0.05) is 29.8 Å². The van der Waals surface area contributed by atoms with Crippen molar-refractivity contribution in [2.75, 3.05) is 6.61 Å². The zero-order chi connectivity index (χ0) is 29.5. The van der Waals surface area contributed by atoms with Crippen LogP contribution in [0.5, 0.6) is 5.88 Å². The second-order valence-electron chi connectivity index (χ2n) is 10.3. The summed E-state index contributed by atoms with van der Waals surface area (Å²) in [6.07, 6.45) is 5.74. The van der Waals surface area contributed by atoms with Gasteiger partial charge in [0.2, 0.25) is 5.88 Å². The summed E-state index contributed by atoms with van der Waals surface area (Å²) >= 11 is 6.23. The number of aromatic nitrogens is 4. The van der Waals surface area contributed by atoms with Crippen LogP contribution < -0.4 is 4.74 Å². The topological polar surface area (TPSA) is 113 Å². The maximum absolute atomic E-state index is 15.5. The van der Waals surface area contributed by atoms with Gasteiger partial charge in [0.15, 0.2) is 0 Å². The smallest absolute Gasteiger partial charge is 0.335 e. The Kier molecular flexibility index (Phi) is 7.00. The maximum atomic E-state index is 15.5. The van der Waals surface area contributed by atoms with Crippen LogP contribution in [0.15, 0.2) is 77.7 Å². The molecule has 0 radical (unpaired) electrons. The Hall–Kier alpha value is -4.80. The largest absolute Gasteiger partial charge is 0.478 e. The Morgan fingerprint density at radius 3 is 2.74 bits per heavy atom. The summed E-state index contributed by atoms with van der Waals surface area (Å²) in [7, 11) is 0. The molecule has 1 atom stereocenters. The first-order valence-corrected chi connectivity index (χ1v) is 14.0. The Morgan fingerprint density at radius 1 is 1.09 bits per heavy atom. The third kappa shape index (κ3) is 5.31. The van der Waals surface area contributed by atoms with Crippen LogP contribution in [-0.4, -0.2) is 43.3 Å². The number of hydrogen-bond acceptors (Lipinski definition) is 7. The van der Waals surface area contributed by atoms with Crippen LogP contribution in [0.1, 0.15) is 33.7 Å². The molecule has 3 aromatic carbocycles. The summed E-state index contributed by atoms with van der Waals surface area (Å²) in [5.41, 5.74) is 4.39. The summed E-state index contributed by atoms with van der Waals surface area (Å²) < 4.78 is 34.5. The molecule has 4 heterocycles. The van der Waals surface area contributed by atoms with Crippen molar-refractivity contribution in [2.45, 2.75) is 32.1 Å². The third-order valence-corrected chi connectivity index (χ3v) is 7.91. The quantitative estimate of drug-likeness (QED) is 0.196. The van der Waals surface area contributed by atoms with Crippen molar-refractivity contribution in [2.24, 2.45) is 0 Å². The fourth-order valence-electron chi connectivity index (χ4n) is 5.20. The van der Waals surface area contributed by atoms with Gasteiger partial charge in [-0.3, -0.25) is 4.98 Å². The van der Waals surface area contributed by atoms with Gasteiger partial charge in [-0.2, -0.15) is 0 Å². The first-order chi connectivity index (χ1) is 20.9. The van der Waals surface area contributed by atoms with Gasteiger partial charge >= 0.3 is 5.97 Å². The molecule has 3 aromatic heterocycles. The zero-order valence-electron chi connectivity index (χ0n) is 22.7. The average Bonchev–Trinajstić information content (AvgIpc) is 3.61. The van der Waals surface area contributed by atoms with Gasteiger partial charge in [0, 0.05) is 29.5 Å². The monoisotopic (exact) mass is 598 g/mol. The van der Waals surface area contributed by atoms with Crippen LogP contribution in [0.3, 0.4) is 0 Å². The Balaban J connectivity index is 1.12. The van der Waals surface area contributed by atoms with E-state index >= 15 is 4.39 Å². The van der Waals surface area contributed by atoms with E-state index in [0.717, 1.165) is 17.4 Å². The minimum absolute atomic E-state index is 0.00901. The van der Waals surface area contributed by atoms with Crippen molar-refractivity contribution in [1.29, 1.82) is 0 Å². The Morgan fingerprint density at radius 2 is 1.95 bits per heavy atom. The second-order valence-corrected chi connectivity index (χ2v) is 10.7. The number of nitrogens with zero attached hydrogens (tertiary/aromatic N) is 4. The van der Waals surface area contributed by atoms with Crippen LogP contribution in [-0.2, 0) is 24.3 Å². The molecule has 0 bridgehead atoms. The summed E-state index contributed by atoms with van der Waals surface area (Å²) in [5.74, 6) is -0.529. The van der Waals surface area contributed by atoms with Crippen molar-refractivity contribution < 1.29 is 28.2 Å². The predicted octanol–water partition coefficient (Wildman–Crippen LogP) is 6.69. The highest BCUT2D eigenvalue weighted by molar-refractivity contribution is 6.35. The third-order valence-electron chi connectivity index (χ3n) is 7.58. The molecule has 0 unspecified atom stereocenters. The van der Waals surface area contributed by atoms with Gasteiger partial charge in [0.25, 0.3) is 0 Å². The highest BCUT2D eigenvalue weighted by atomic mass is 35.5. The molecule has 7 rings (SSSR count). The number of carbonyl (C=O) groups is 1. The minimum Gasteiger partial charge on any atom is -0.478 e.